The normalized spacial score (nSPS) is 18.5. The Morgan fingerprint density at radius 1 is 1.26 bits per heavy atom. The Morgan fingerprint density at radius 3 is 2.48 bits per heavy atom. The smallest absolute Gasteiger partial charge is 0.249 e. The number of hydrogen-bond acceptors (Lipinski definition) is 3. The molecule has 1 unspecified atom stereocenters. The standard InChI is InChI=1S/C13H11N2O3.C2H6.C2H5.Ac/c16-11-6-5-10(12(17)14-11)15-7-8-3-1-2-4-9(8)13(15)18;2*1-2;/h1-2,4,10H,5-7H2,(H,14,16,17);1-2H3;1H2,2H3;/q-1;;-1;. The second-order valence-corrected chi connectivity index (χ2v) is 4.46. The van der Waals surface area contributed by atoms with E-state index in [-0.39, 0.29) is 68.2 Å². The van der Waals surface area contributed by atoms with Gasteiger partial charge in [0.2, 0.25) is 11.8 Å². The largest absolute Gasteiger partial charge is 0.346 e. The van der Waals surface area contributed by atoms with E-state index in [0.29, 0.717) is 18.5 Å². The third kappa shape index (κ3) is 5.12. The molecule has 1 atom stereocenters. The van der Waals surface area contributed by atoms with Gasteiger partial charge in [0.15, 0.2) is 5.91 Å². The first-order chi connectivity index (χ1) is 10.7. The van der Waals surface area contributed by atoms with E-state index in [2.05, 4.69) is 18.3 Å². The number of carbonyl (C=O) groups excluding carboxylic acids is 3. The maximum Gasteiger partial charge on any atom is 0.249 e. The van der Waals surface area contributed by atoms with Crippen molar-refractivity contribution in [3.05, 3.63) is 42.3 Å². The topological polar surface area (TPSA) is 66.5 Å². The van der Waals surface area contributed by atoms with Crippen molar-refractivity contribution in [2.24, 2.45) is 0 Å². The van der Waals surface area contributed by atoms with Crippen LogP contribution in [0.1, 0.15) is 49.5 Å². The summed E-state index contributed by atoms with van der Waals surface area (Å²) in [6.45, 7) is 9.39. The molecule has 123 valence electrons. The number of rotatable bonds is 1. The summed E-state index contributed by atoms with van der Waals surface area (Å²) in [4.78, 5) is 36.5. The first-order valence-corrected chi connectivity index (χ1v) is 7.52. The number of imide groups is 1. The van der Waals surface area contributed by atoms with Crippen LogP contribution in [-0.4, -0.2) is 28.7 Å². The fourth-order valence-corrected chi connectivity index (χ4v) is 2.43. The number of hydrogen-bond donors (Lipinski definition) is 1. The van der Waals surface area contributed by atoms with Crippen molar-refractivity contribution in [2.45, 2.75) is 46.2 Å². The molecule has 2 aliphatic rings. The van der Waals surface area contributed by atoms with Crippen LogP contribution in [-0.2, 0) is 16.1 Å². The molecule has 1 aromatic rings. The molecule has 23 heavy (non-hydrogen) atoms. The fraction of sp³-hybridized carbons (Fsp3) is 0.412. The maximum absolute atomic E-state index is 12.2. The number of nitrogens with zero attached hydrogens (tertiary/aromatic N) is 1. The van der Waals surface area contributed by atoms with Crippen LogP contribution in [0.15, 0.2) is 18.2 Å². The quantitative estimate of drug-likeness (QED) is 0.448. The molecule has 0 saturated carbocycles. The Labute approximate surface area is 173 Å². The molecule has 3 rings (SSSR count). The van der Waals surface area contributed by atoms with Crippen LogP contribution in [0, 0.1) is 57.1 Å². The summed E-state index contributed by atoms with van der Waals surface area (Å²) >= 11 is 0. The second-order valence-electron chi connectivity index (χ2n) is 4.46. The number of fused-ring (bicyclic) bond motifs is 1. The Kier molecular flexibility index (Phi) is 10.6. The predicted octanol–water partition coefficient (Wildman–Crippen LogP) is 2.11. The SMILES string of the molecule is CC.O=C1CCC(N2Cc3[c-]cccc3C2=O)C(=O)N1.[Ac].[CH2-]C. The molecule has 1 N–H and O–H groups in total. The summed E-state index contributed by atoms with van der Waals surface area (Å²) in [5, 5.41) is 2.27. The number of amides is 3. The summed E-state index contributed by atoms with van der Waals surface area (Å²) in [7, 11) is 0. The average Bonchev–Trinajstić information content (AvgIpc) is 2.89. The van der Waals surface area contributed by atoms with E-state index >= 15 is 0 Å². The van der Waals surface area contributed by atoms with E-state index in [9.17, 15) is 14.4 Å². The van der Waals surface area contributed by atoms with E-state index in [1.807, 2.05) is 13.8 Å². The Hall–Kier alpha value is -0.728. The average molecular weight is 529 g/mol. The van der Waals surface area contributed by atoms with Crippen molar-refractivity contribution in [2.75, 3.05) is 0 Å². The molecule has 1 saturated heterocycles. The Morgan fingerprint density at radius 2 is 1.91 bits per heavy atom. The fourth-order valence-electron chi connectivity index (χ4n) is 2.43. The minimum atomic E-state index is -0.545. The molecule has 2 aliphatic heterocycles. The molecular weight excluding hydrogens is 507 g/mol. The van der Waals surface area contributed by atoms with Crippen molar-refractivity contribution in [3.8, 4) is 0 Å². The number of piperidine rings is 1. The van der Waals surface area contributed by atoms with Gasteiger partial charge in [0, 0.05) is 57.0 Å². The van der Waals surface area contributed by atoms with Crippen LogP contribution in [0.5, 0.6) is 0 Å². The van der Waals surface area contributed by atoms with Crippen LogP contribution in [0.3, 0.4) is 0 Å². The van der Waals surface area contributed by atoms with Crippen LogP contribution in [0.4, 0.5) is 0 Å². The van der Waals surface area contributed by atoms with Crippen molar-refractivity contribution in [3.63, 3.8) is 0 Å². The molecule has 5 nitrogen and oxygen atoms in total. The molecule has 6 heteroatoms. The van der Waals surface area contributed by atoms with Gasteiger partial charge < -0.3 is 11.8 Å². The third-order valence-electron chi connectivity index (χ3n) is 3.35. The van der Waals surface area contributed by atoms with E-state index in [1.54, 1.807) is 25.1 Å². The van der Waals surface area contributed by atoms with Gasteiger partial charge in [0.1, 0.15) is 6.04 Å². The van der Waals surface area contributed by atoms with Crippen LogP contribution >= 0.6 is 0 Å². The third-order valence-corrected chi connectivity index (χ3v) is 3.35. The van der Waals surface area contributed by atoms with Gasteiger partial charge in [-0.1, -0.05) is 19.4 Å². The van der Waals surface area contributed by atoms with Crippen LogP contribution in [0.2, 0.25) is 0 Å². The van der Waals surface area contributed by atoms with Crippen molar-refractivity contribution >= 4 is 17.7 Å². The molecule has 0 spiro atoms. The van der Waals surface area contributed by atoms with Crippen LogP contribution in [0.25, 0.3) is 0 Å². The molecule has 2 heterocycles. The van der Waals surface area contributed by atoms with E-state index in [4.69, 9.17) is 0 Å². The maximum atomic E-state index is 12.2. The van der Waals surface area contributed by atoms with E-state index in [1.165, 1.54) is 4.90 Å². The van der Waals surface area contributed by atoms with Gasteiger partial charge in [-0.15, -0.1) is 5.56 Å². The molecule has 0 bridgehead atoms. The number of carbonyl (C=O) groups is 3. The van der Waals surface area contributed by atoms with Gasteiger partial charge in [-0.2, -0.15) is 31.2 Å². The minimum absolute atomic E-state index is 0. The molecule has 3 amide bonds. The van der Waals surface area contributed by atoms with Crippen molar-refractivity contribution < 1.29 is 58.4 Å². The van der Waals surface area contributed by atoms with Gasteiger partial charge in [0.25, 0.3) is 0 Å². The Bertz CT molecular complexity index is 561. The molecule has 1 aromatic carbocycles. The van der Waals surface area contributed by atoms with Gasteiger partial charge in [-0.05, 0) is 6.42 Å². The summed E-state index contributed by atoms with van der Waals surface area (Å²) < 4.78 is 0. The zero-order chi connectivity index (χ0) is 16.7. The Balaban J connectivity index is 0.000000901. The van der Waals surface area contributed by atoms with Crippen LogP contribution < -0.4 is 5.32 Å². The van der Waals surface area contributed by atoms with Crippen molar-refractivity contribution in [1.82, 2.24) is 10.2 Å². The predicted molar refractivity (Wildman–Crippen MR) is 83.7 cm³/mol. The number of benzene rings is 1. The van der Waals surface area contributed by atoms with Gasteiger partial charge in [0.05, 0.1) is 0 Å². The minimum Gasteiger partial charge on any atom is -0.346 e. The number of nitrogens with one attached hydrogen (secondary N) is 1. The van der Waals surface area contributed by atoms with Gasteiger partial charge in [-0.3, -0.25) is 19.7 Å². The first kappa shape index (κ1) is 22.3. The molecule has 1 radical (unpaired) electrons. The first-order valence-electron chi connectivity index (χ1n) is 7.52. The second kappa shape index (κ2) is 10.9. The summed E-state index contributed by atoms with van der Waals surface area (Å²) in [6.07, 6.45) is 0.671. The summed E-state index contributed by atoms with van der Waals surface area (Å²) in [5.74, 6) is -0.810. The molecular formula is C17H22AcN2O3-2. The van der Waals surface area contributed by atoms with Crippen molar-refractivity contribution in [1.29, 1.82) is 0 Å². The van der Waals surface area contributed by atoms with E-state index in [0.717, 1.165) is 5.56 Å². The van der Waals surface area contributed by atoms with Gasteiger partial charge in [-0.25, -0.2) is 0 Å². The monoisotopic (exact) mass is 529 g/mol. The summed E-state index contributed by atoms with van der Waals surface area (Å²) in [6, 6.07) is 7.71. The molecule has 0 aliphatic carbocycles. The zero-order valence-corrected chi connectivity index (χ0v) is 18.6. The summed E-state index contributed by atoms with van der Waals surface area (Å²) in [5.41, 5.74) is 1.41. The van der Waals surface area contributed by atoms with Gasteiger partial charge >= 0.3 is 0 Å². The van der Waals surface area contributed by atoms with E-state index < -0.39 is 6.04 Å². The zero-order valence-electron chi connectivity index (χ0n) is 13.9. The molecule has 1 fully saturated rings. The molecule has 0 aromatic heterocycles.